The molecular weight excluding hydrogens is 290 g/mol. The maximum Gasteiger partial charge on any atom is 0.230 e. The predicted molar refractivity (Wildman–Crippen MR) is 89.5 cm³/mol. The molecule has 0 unspecified atom stereocenters. The summed E-state index contributed by atoms with van der Waals surface area (Å²) in [7, 11) is 1.66. The molecule has 0 aromatic heterocycles. The minimum Gasteiger partial charge on any atom is -0.497 e. The van der Waals surface area contributed by atoms with Gasteiger partial charge in [-0.2, -0.15) is 0 Å². The Morgan fingerprint density at radius 2 is 1.74 bits per heavy atom. The summed E-state index contributed by atoms with van der Waals surface area (Å²) in [4.78, 5) is 13.1. The maximum atomic E-state index is 13.1. The van der Waals surface area contributed by atoms with Crippen LogP contribution in [0.4, 0.5) is 0 Å². The Labute approximate surface area is 138 Å². The van der Waals surface area contributed by atoms with Crippen LogP contribution in [0.2, 0.25) is 0 Å². The highest BCUT2D eigenvalue weighted by molar-refractivity contribution is 5.88. The van der Waals surface area contributed by atoms with Crippen LogP contribution in [-0.2, 0) is 10.2 Å². The van der Waals surface area contributed by atoms with Crippen molar-refractivity contribution in [2.24, 2.45) is 0 Å². The molecule has 23 heavy (non-hydrogen) atoms. The molecule has 4 heteroatoms. The highest BCUT2D eigenvalue weighted by atomic mass is 16.5. The number of ether oxygens (including phenoxy) is 1. The third-order valence-corrected chi connectivity index (χ3v) is 5.57. The van der Waals surface area contributed by atoms with E-state index in [1.165, 1.54) is 0 Å². The normalized spacial score (nSPS) is 26.7. The highest BCUT2D eigenvalue weighted by Crippen LogP contribution is 2.42. The first-order chi connectivity index (χ1) is 11.1. The van der Waals surface area contributed by atoms with E-state index in [0.29, 0.717) is 0 Å². The average Bonchev–Trinajstić information content (AvgIpc) is 3.08. The lowest BCUT2D eigenvalue weighted by Crippen LogP contribution is -2.48. The third-order valence-electron chi connectivity index (χ3n) is 5.57. The summed E-state index contributed by atoms with van der Waals surface area (Å²) in [6, 6.07) is 8.17. The van der Waals surface area contributed by atoms with Crippen molar-refractivity contribution in [3.63, 3.8) is 0 Å². The van der Waals surface area contributed by atoms with Crippen molar-refractivity contribution in [2.45, 2.75) is 68.9 Å². The van der Waals surface area contributed by atoms with E-state index in [9.17, 15) is 9.90 Å². The summed E-state index contributed by atoms with van der Waals surface area (Å²) in [6.45, 7) is 0. The number of benzene rings is 1. The number of aliphatic hydroxyl groups is 1. The minimum absolute atomic E-state index is 0.168. The first-order valence-electron chi connectivity index (χ1n) is 8.77. The third kappa shape index (κ3) is 3.37. The Morgan fingerprint density at radius 3 is 2.30 bits per heavy atom. The molecular formula is C19H27NO3. The van der Waals surface area contributed by atoms with Gasteiger partial charge in [0.1, 0.15) is 5.75 Å². The SMILES string of the molecule is COc1ccc(C2(C(=O)NC3CCC(O)CC3)CCCC2)cc1. The first-order valence-corrected chi connectivity index (χ1v) is 8.77. The minimum atomic E-state index is -0.387. The Bertz CT molecular complexity index is 526. The summed E-state index contributed by atoms with van der Waals surface area (Å²) in [5, 5.41) is 12.9. The molecule has 1 aromatic rings. The fourth-order valence-electron chi connectivity index (χ4n) is 4.08. The van der Waals surface area contributed by atoms with Crippen molar-refractivity contribution in [3.05, 3.63) is 29.8 Å². The van der Waals surface area contributed by atoms with Gasteiger partial charge in [-0.1, -0.05) is 25.0 Å². The lowest BCUT2D eigenvalue weighted by molar-refractivity contribution is -0.127. The summed E-state index contributed by atoms with van der Waals surface area (Å²) >= 11 is 0. The highest BCUT2D eigenvalue weighted by Gasteiger charge is 2.43. The largest absolute Gasteiger partial charge is 0.497 e. The molecule has 1 aromatic carbocycles. The molecule has 0 heterocycles. The summed E-state index contributed by atoms with van der Waals surface area (Å²) < 4.78 is 5.23. The smallest absolute Gasteiger partial charge is 0.230 e. The van der Waals surface area contributed by atoms with Crippen LogP contribution in [0, 0.1) is 0 Å². The standard InChI is InChI=1S/C19H27NO3/c1-23-17-10-4-14(5-11-17)19(12-2-3-13-19)18(22)20-15-6-8-16(21)9-7-15/h4-5,10-11,15-16,21H,2-3,6-9,12-13H2,1H3,(H,20,22). The molecule has 0 spiro atoms. The monoisotopic (exact) mass is 317 g/mol. The van der Waals surface area contributed by atoms with E-state index in [0.717, 1.165) is 62.7 Å². The van der Waals surface area contributed by atoms with Crippen LogP contribution in [0.3, 0.4) is 0 Å². The van der Waals surface area contributed by atoms with Crippen molar-refractivity contribution >= 4 is 5.91 Å². The molecule has 0 saturated heterocycles. The second-order valence-corrected chi connectivity index (χ2v) is 7.00. The van der Waals surface area contributed by atoms with E-state index in [2.05, 4.69) is 5.32 Å². The van der Waals surface area contributed by atoms with E-state index in [1.807, 2.05) is 24.3 Å². The van der Waals surface area contributed by atoms with Gasteiger partial charge in [0.05, 0.1) is 18.6 Å². The number of aliphatic hydroxyl groups excluding tert-OH is 1. The van der Waals surface area contributed by atoms with E-state index in [4.69, 9.17) is 4.74 Å². The Hall–Kier alpha value is -1.55. The number of carbonyl (C=O) groups excluding carboxylic acids is 1. The predicted octanol–water partition coefficient (Wildman–Crippen LogP) is 2.93. The number of hydrogen-bond acceptors (Lipinski definition) is 3. The van der Waals surface area contributed by atoms with Crippen molar-refractivity contribution in [1.82, 2.24) is 5.32 Å². The Kier molecular flexibility index (Phi) is 4.90. The molecule has 0 radical (unpaired) electrons. The fourth-order valence-corrected chi connectivity index (χ4v) is 4.08. The van der Waals surface area contributed by atoms with Crippen LogP contribution in [-0.4, -0.2) is 30.3 Å². The van der Waals surface area contributed by atoms with E-state index >= 15 is 0 Å². The quantitative estimate of drug-likeness (QED) is 0.897. The molecule has 4 nitrogen and oxygen atoms in total. The van der Waals surface area contributed by atoms with Crippen molar-refractivity contribution in [3.8, 4) is 5.75 Å². The molecule has 1 amide bonds. The van der Waals surface area contributed by atoms with E-state index in [1.54, 1.807) is 7.11 Å². The van der Waals surface area contributed by atoms with Gasteiger partial charge in [0.25, 0.3) is 0 Å². The van der Waals surface area contributed by atoms with Gasteiger partial charge in [-0.05, 0) is 56.2 Å². The zero-order valence-corrected chi connectivity index (χ0v) is 13.9. The molecule has 2 aliphatic carbocycles. The van der Waals surface area contributed by atoms with Gasteiger partial charge in [0.2, 0.25) is 5.91 Å². The van der Waals surface area contributed by atoms with E-state index < -0.39 is 0 Å². The van der Waals surface area contributed by atoms with E-state index in [-0.39, 0.29) is 23.5 Å². The first kappa shape index (κ1) is 16.3. The number of nitrogens with one attached hydrogen (secondary N) is 1. The molecule has 0 atom stereocenters. The number of methoxy groups -OCH3 is 1. The van der Waals surface area contributed by atoms with Crippen molar-refractivity contribution in [2.75, 3.05) is 7.11 Å². The van der Waals surface area contributed by atoms with Crippen LogP contribution in [0.15, 0.2) is 24.3 Å². The summed E-state index contributed by atoms with van der Waals surface area (Å²) in [5.41, 5.74) is 0.714. The average molecular weight is 317 g/mol. The lowest BCUT2D eigenvalue weighted by Gasteiger charge is -2.33. The van der Waals surface area contributed by atoms with Crippen molar-refractivity contribution < 1.29 is 14.6 Å². The molecule has 0 bridgehead atoms. The topological polar surface area (TPSA) is 58.6 Å². The van der Waals surface area contributed by atoms with Gasteiger partial charge in [-0.25, -0.2) is 0 Å². The van der Waals surface area contributed by atoms with Gasteiger partial charge >= 0.3 is 0 Å². The maximum absolute atomic E-state index is 13.1. The lowest BCUT2D eigenvalue weighted by atomic mass is 9.77. The second-order valence-electron chi connectivity index (χ2n) is 7.00. The number of hydrogen-bond donors (Lipinski definition) is 2. The van der Waals surface area contributed by atoms with Crippen LogP contribution < -0.4 is 10.1 Å². The number of carbonyl (C=O) groups is 1. The molecule has 2 aliphatic rings. The fraction of sp³-hybridized carbons (Fsp3) is 0.632. The molecule has 126 valence electrons. The van der Waals surface area contributed by atoms with Crippen LogP contribution in [0.5, 0.6) is 5.75 Å². The van der Waals surface area contributed by atoms with Gasteiger partial charge in [0, 0.05) is 6.04 Å². The van der Waals surface area contributed by atoms with Gasteiger partial charge in [0.15, 0.2) is 0 Å². The van der Waals surface area contributed by atoms with Gasteiger partial charge < -0.3 is 15.2 Å². The zero-order chi connectivity index (χ0) is 16.3. The summed E-state index contributed by atoms with van der Waals surface area (Å²) in [6.07, 6.45) is 7.19. The zero-order valence-electron chi connectivity index (χ0n) is 13.9. The van der Waals surface area contributed by atoms with Crippen LogP contribution in [0.1, 0.15) is 56.9 Å². The molecule has 2 fully saturated rings. The molecule has 0 aliphatic heterocycles. The molecule has 3 rings (SSSR count). The summed E-state index contributed by atoms with van der Waals surface area (Å²) in [5.74, 6) is 0.991. The second kappa shape index (κ2) is 6.91. The molecule has 2 N–H and O–H groups in total. The number of amides is 1. The van der Waals surface area contributed by atoms with Crippen molar-refractivity contribution in [1.29, 1.82) is 0 Å². The Balaban J connectivity index is 1.75. The van der Waals surface area contributed by atoms with Crippen LogP contribution >= 0.6 is 0 Å². The van der Waals surface area contributed by atoms with Gasteiger partial charge in [-0.3, -0.25) is 4.79 Å². The number of rotatable bonds is 4. The van der Waals surface area contributed by atoms with Gasteiger partial charge in [-0.15, -0.1) is 0 Å². The Morgan fingerprint density at radius 1 is 1.13 bits per heavy atom. The van der Waals surface area contributed by atoms with Crippen LogP contribution in [0.25, 0.3) is 0 Å². The molecule has 2 saturated carbocycles.